The van der Waals surface area contributed by atoms with Crippen LogP contribution in [-0.2, 0) is 12.8 Å². The van der Waals surface area contributed by atoms with Crippen LogP contribution in [0.3, 0.4) is 0 Å². The molecule has 0 saturated heterocycles. The first-order valence-electron chi connectivity index (χ1n) is 6.44. The fourth-order valence-electron chi connectivity index (χ4n) is 1.93. The zero-order valence-electron chi connectivity index (χ0n) is 11.2. The van der Waals surface area contributed by atoms with Crippen molar-refractivity contribution in [2.24, 2.45) is 0 Å². The normalized spacial score (nSPS) is 10.6. The molecular weight excluding hydrogens is 244 g/mol. The van der Waals surface area contributed by atoms with Crippen LogP contribution in [0, 0.1) is 6.92 Å². The lowest BCUT2D eigenvalue weighted by Gasteiger charge is -2.04. The summed E-state index contributed by atoms with van der Waals surface area (Å²) in [5.41, 5.74) is 1.28. The summed E-state index contributed by atoms with van der Waals surface area (Å²) in [4.78, 5) is 19.2. The molecule has 2 heterocycles. The van der Waals surface area contributed by atoms with E-state index in [1.165, 1.54) is 0 Å². The van der Waals surface area contributed by atoms with Crippen LogP contribution in [0.5, 0.6) is 0 Å². The Hall–Kier alpha value is -2.11. The van der Waals surface area contributed by atoms with E-state index in [4.69, 9.17) is 4.52 Å². The third-order valence-electron chi connectivity index (χ3n) is 2.93. The van der Waals surface area contributed by atoms with Crippen molar-refractivity contribution in [3.63, 3.8) is 0 Å². The van der Waals surface area contributed by atoms with Crippen LogP contribution < -0.4 is 5.32 Å². The lowest BCUT2D eigenvalue weighted by atomic mass is 10.1. The van der Waals surface area contributed by atoms with E-state index in [1.54, 1.807) is 19.3 Å². The van der Waals surface area contributed by atoms with Gasteiger partial charge in [-0.25, -0.2) is 4.98 Å². The van der Waals surface area contributed by atoms with E-state index in [0.717, 1.165) is 18.7 Å². The molecule has 2 rings (SSSR count). The summed E-state index contributed by atoms with van der Waals surface area (Å²) in [6.45, 7) is 4.31. The van der Waals surface area contributed by atoms with Crippen molar-refractivity contribution in [2.75, 3.05) is 6.54 Å². The Morgan fingerprint density at radius 2 is 2.37 bits per heavy atom. The van der Waals surface area contributed by atoms with Crippen molar-refractivity contribution in [3.8, 4) is 0 Å². The Labute approximate surface area is 111 Å². The molecule has 6 nitrogen and oxygen atoms in total. The minimum Gasteiger partial charge on any atom is -0.361 e. The molecule has 0 bridgehead atoms. The smallest absolute Gasteiger partial charge is 0.256 e. The number of amides is 1. The van der Waals surface area contributed by atoms with Crippen LogP contribution >= 0.6 is 0 Å². The number of H-pyrrole nitrogens is 1. The number of rotatable bonds is 6. The van der Waals surface area contributed by atoms with Gasteiger partial charge >= 0.3 is 0 Å². The number of carbonyl (C=O) groups excluding carboxylic acids is 1. The number of imidazole rings is 1. The lowest BCUT2D eigenvalue weighted by molar-refractivity contribution is 0.0951. The molecule has 0 aliphatic rings. The average Bonchev–Trinajstić information content (AvgIpc) is 3.03. The summed E-state index contributed by atoms with van der Waals surface area (Å²) in [5, 5.41) is 6.76. The highest BCUT2D eigenvalue weighted by Crippen LogP contribution is 2.13. The number of nitrogens with zero attached hydrogens (tertiary/aromatic N) is 2. The standard InChI is InChI=1S/C13H18N4O2/c1-3-10-12(9(2)19-17-10)13(18)16-6-4-5-11-14-7-8-15-11/h7-8H,3-6H2,1-2H3,(H,14,15)(H,16,18). The minimum atomic E-state index is -0.116. The van der Waals surface area contributed by atoms with Crippen molar-refractivity contribution in [1.29, 1.82) is 0 Å². The number of nitrogens with one attached hydrogen (secondary N) is 2. The third kappa shape index (κ3) is 3.21. The largest absolute Gasteiger partial charge is 0.361 e. The molecule has 2 aromatic rings. The summed E-state index contributed by atoms with van der Waals surface area (Å²) >= 11 is 0. The van der Waals surface area contributed by atoms with Gasteiger partial charge in [-0.1, -0.05) is 12.1 Å². The molecule has 0 spiro atoms. The number of hydrogen-bond acceptors (Lipinski definition) is 4. The molecule has 19 heavy (non-hydrogen) atoms. The predicted molar refractivity (Wildman–Crippen MR) is 69.9 cm³/mol. The molecule has 6 heteroatoms. The van der Waals surface area contributed by atoms with E-state index >= 15 is 0 Å². The third-order valence-corrected chi connectivity index (χ3v) is 2.93. The molecule has 0 aliphatic carbocycles. The first-order valence-corrected chi connectivity index (χ1v) is 6.44. The van der Waals surface area contributed by atoms with Crippen molar-refractivity contribution in [3.05, 3.63) is 35.2 Å². The maximum atomic E-state index is 12.0. The molecule has 2 N–H and O–H groups in total. The Morgan fingerprint density at radius 3 is 3.05 bits per heavy atom. The predicted octanol–water partition coefficient (Wildman–Crippen LogP) is 1.63. The average molecular weight is 262 g/mol. The van der Waals surface area contributed by atoms with Gasteiger partial charge in [-0.2, -0.15) is 0 Å². The molecule has 0 saturated carbocycles. The first kappa shape index (κ1) is 13.3. The highest BCUT2D eigenvalue weighted by molar-refractivity contribution is 5.96. The SMILES string of the molecule is CCc1noc(C)c1C(=O)NCCCc1ncc[nH]1. The number of hydrogen-bond donors (Lipinski definition) is 2. The highest BCUT2D eigenvalue weighted by Gasteiger charge is 2.18. The van der Waals surface area contributed by atoms with Gasteiger partial charge in [0.15, 0.2) is 0 Å². The van der Waals surface area contributed by atoms with E-state index in [1.807, 2.05) is 6.92 Å². The zero-order chi connectivity index (χ0) is 13.7. The second-order valence-electron chi connectivity index (χ2n) is 4.31. The Balaban J connectivity index is 1.82. The second kappa shape index (κ2) is 6.17. The summed E-state index contributed by atoms with van der Waals surface area (Å²) in [5.74, 6) is 1.39. The number of aromatic nitrogens is 3. The van der Waals surface area contributed by atoms with Gasteiger partial charge < -0.3 is 14.8 Å². The van der Waals surface area contributed by atoms with Crippen LogP contribution in [0.4, 0.5) is 0 Å². The van der Waals surface area contributed by atoms with Gasteiger partial charge in [0.2, 0.25) is 0 Å². The van der Waals surface area contributed by atoms with Gasteiger partial charge in [0, 0.05) is 25.4 Å². The topological polar surface area (TPSA) is 83.8 Å². The van der Waals surface area contributed by atoms with Crippen LogP contribution in [0.15, 0.2) is 16.9 Å². The Bertz CT molecular complexity index is 531. The Morgan fingerprint density at radius 1 is 1.53 bits per heavy atom. The molecule has 1 amide bonds. The van der Waals surface area contributed by atoms with Crippen molar-refractivity contribution < 1.29 is 9.32 Å². The van der Waals surface area contributed by atoms with Crippen LogP contribution in [0.2, 0.25) is 0 Å². The van der Waals surface area contributed by atoms with Gasteiger partial charge in [0.05, 0.1) is 5.69 Å². The van der Waals surface area contributed by atoms with Crippen molar-refractivity contribution >= 4 is 5.91 Å². The van der Waals surface area contributed by atoms with Gasteiger partial charge in [0.25, 0.3) is 5.91 Å². The summed E-state index contributed by atoms with van der Waals surface area (Å²) in [6, 6.07) is 0. The molecule has 0 atom stereocenters. The van der Waals surface area contributed by atoms with Crippen LogP contribution in [-0.4, -0.2) is 27.6 Å². The van der Waals surface area contributed by atoms with Crippen molar-refractivity contribution in [1.82, 2.24) is 20.4 Å². The molecule has 102 valence electrons. The summed E-state index contributed by atoms with van der Waals surface area (Å²) < 4.78 is 5.05. The molecular formula is C13H18N4O2. The molecule has 0 aromatic carbocycles. The lowest BCUT2D eigenvalue weighted by Crippen LogP contribution is -2.26. The fourth-order valence-corrected chi connectivity index (χ4v) is 1.93. The molecule has 0 aliphatic heterocycles. The number of aromatic amines is 1. The zero-order valence-corrected chi connectivity index (χ0v) is 11.2. The maximum absolute atomic E-state index is 12.0. The van der Waals surface area contributed by atoms with Crippen LogP contribution in [0.1, 0.15) is 41.0 Å². The monoisotopic (exact) mass is 262 g/mol. The van der Waals surface area contributed by atoms with E-state index < -0.39 is 0 Å². The molecule has 2 aromatic heterocycles. The van der Waals surface area contributed by atoms with E-state index in [0.29, 0.717) is 30.0 Å². The minimum absolute atomic E-state index is 0.116. The van der Waals surface area contributed by atoms with Gasteiger partial charge in [0.1, 0.15) is 17.1 Å². The summed E-state index contributed by atoms with van der Waals surface area (Å²) in [6.07, 6.45) is 5.86. The molecule has 0 unspecified atom stereocenters. The first-order chi connectivity index (χ1) is 9.22. The second-order valence-corrected chi connectivity index (χ2v) is 4.31. The van der Waals surface area contributed by atoms with E-state index in [9.17, 15) is 4.79 Å². The van der Waals surface area contributed by atoms with E-state index in [-0.39, 0.29) is 5.91 Å². The Kier molecular flexibility index (Phi) is 4.33. The number of carbonyl (C=O) groups is 1. The van der Waals surface area contributed by atoms with Gasteiger partial charge in [-0.3, -0.25) is 4.79 Å². The quantitative estimate of drug-likeness (QED) is 0.775. The summed E-state index contributed by atoms with van der Waals surface area (Å²) in [7, 11) is 0. The van der Waals surface area contributed by atoms with Gasteiger partial charge in [-0.15, -0.1) is 0 Å². The molecule has 0 fully saturated rings. The van der Waals surface area contributed by atoms with Crippen molar-refractivity contribution in [2.45, 2.75) is 33.1 Å². The van der Waals surface area contributed by atoms with E-state index in [2.05, 4.69) is 20.4 Å². The van der Waals surface area contributed by atoms with Crippen LogP contribution in [0.25, 0.3) is 0 Å². The highest BCUT2D eigenvalue weighted by atomic mass is 16.5. The fraction of sp³-hybridized carbons (Fsp3) is 0.462. The molecule has 0 radical (unpaired) electrons. The van der Waals surface area contributed by atoms with Gasteiger partial charge in [-0.05, 0) is 19.8 Å². The maximum Gasteiger partial charge on any atom is 0.256 e. The number of aryl methyl sites for hydroxylation is 3.